The highest BCUT2D eigenvalue weighted by Crippen LogP contribution is 2.29. The summed E-state index contributed by atoms with van der Waals surface area (Å²) in [6.45, 7) is 1.96. The van der Waals surface area contributed by atoms with Crippen LogP contribution in [-0.2, 0) is 0 Å². The first-order valence-electron chi connectivity index (χ1n) is 3.32. The second kappa shape index (κ2) is 3.70. The highest BCUT2D eigenvalue weighted by atomic mass is 79.9. The van der Waals surface area contributed by atoms with E-state index >= 15 is 0 Å². The number of nitrogens with two attached hydrogens (primary N) is 1. The minimum atomic E-state index is 0.0555. The lowest BCUT2D eigenvalue weighted by Crippen LogP contribution is -2.06. The van der Waals surface area contributed by atoms with Crippen LogP contribution in [0.15, 0.2) is 27.1 Å². The largest absolute Gasteiger partial charge is 0.324 e. The molecule has 0 aliphatic rings. The molecule has 0 aliphatic carbocycles. The number of hydrogen-bond donors (Lipinski definition) is 1. The van der Waals surface area contributed by atoms with E-state index in [1.807, 2.05) is 25.1 Å². The van der Waals surface area contributed by atoms with Gasteiger partial charge in [-0.05, 0) is 24.6 Å². The molecule has 0 heterocycles. The standard InChI is InChI=1S/C8H9Br2N/c1-5(11)8-6(9)3-2-4-7(8)10/h2-5H,11H2,1H3. The lowest BCUT2D eigenvalue weighted by atomic mass is 10.1. The smallest absolute Gasteiger partial charge is 0.0288 e. The van der Waals surface area contributed by atoms with E-state index in [4.69, 9.17) is 5.73 Å². The van der Waals surface area contributed by atoms with Crippen molar-refractivity contribution in [2.24, 2.45) is 5.73 Å². The van der Waals surface area contributed by atoms with Gasteiger partial charge in [0.25, 0.3) is 0 Å². The average molecular weight is 279 g/mol. The lowest BCUT2D eigenvalue weighted by Gasteiger charge is -2.09. The molecule has 1 nitrogen and oxygen atoms in total. The molecular weight excluding hydrogens is 270 g/mol. The van der Waals surface area contributed by atoms with E-state index in [0.717, 1.165) is 14.5 Å². The van der Waals surface area contributed by atoms with Crippen LogP contribution in [0.3, 0.4) is 0 Å². The third-order valence-electron chi connectivity index (χ3n) is 1.46. The van der Waals surface area contributed by atoms with Crippen LogP contribution in [0, 0.1) is 0 Å². The zero-order valence-corrected chi connectivity index (χ0v) is 9.31. The Bertz CT molecular complexity index is 238. The molecule has 60 valence electrons. The molecule has 0 saturated heterocycles. The van der Waals surface area contributed by atoms with E-state index in [1.54, 1.807) is 0 Å². The third kappa shape index (κ3) is 2.04. The molecule has 1 rings (SSSR count). The first-order chi connectivity index (χ1) is 5.13. The van der Waals surface area contributed by atoms with Gasteiger partial charge in [0.15, 0.2) is 0 Å². The van der Waals surface area contributed by atoms with Crippen LogP contribution in [0.2, 0.25) is 0 Å². The zero-order valence-electron chi connectivity index (χ0n) is 6.14. The molecule has 0 spiro atoms. The normalized spacial score (nSPS) is 13.1. The summed E-state index contributed by atoms with van der Waals surface area (Å²) >= 11 is 6.88. The molecule has 0 saturated carbocycles. The van der Waals surface area contributed by atoms with Gasteiger partial charge in [0.1, 0.15) is 0 Å². The van der Waals surface area contributed by atoms with Gasteiger partial charge in [-0.1, -0.05) is 37.9 Å². The Labute approximate surface area is 83.2 Å². The Balaban J connectivity index is 3.21. The van der Waals surface area contributed by atoms with Gasteiger partial charge < -0.3 is 5.73 Å². The van der Waals surface area contributed by atoms with Crippen LogP contribution in [0.4, 0.5) is 0 Å². The third-order valence-corrected chi connectivity index (χ3v) is 2.84. The lowest BCUT2D eigenvalue weighted by molar-refractivity contribution is 0.808. The summed E-state index contributed by atoms with van der Waals surface area (Å²) in [5, 5.41) is 0. The van der Waals surface area contributed by atoms with Crippen molar-refractivity contribution in [3.63, 3.8) is 0 Å². The van der Waals surface area contributed by atoms with Crippen molar-refractivity contribution in [3.05, 3.63) is 32.7 Å². The second-order valence-corrected chi connectivity index (χ2v) is 4.13. The molecule has 1 unspecified atom stereocenters. The molecule has 0 amide bonds. The van der Waals surface area contributed by atoms with E-state index in [-0.39, 0.29) is 6.04 Å². The highest BCUT2D eigenvalue weighted by molar-refractivity contribution is 9.11. The summed E-state index contributed by atoms with van der Waals surface area (Å²) in [4.78, 5) is 0. The van der Waals surface area contributed by atoms with Crippen LogP contribution in [0.1, 0.15) is 18.5 Å². The Hall–Kier alpha value is 0.140. The van der Waals surface area contributed by atoms with Crippen LogP contribution in [0.5, 0.6) is 0 Å². The van der Waals surface area contributed by atoms with E-state index < -0.39 is 0 Å². The first kappa shape index (κ1) is 9.23. The SMILES string of the molecule is CC(N)c1c(Br)cccc1Br. The number of halogens is 2. The van der Waals surface area contributed by atoms with E-state index in [9.17, 15) is 0 Å². The van der Waals surface area contributed by atoms with Gasteiger partial charge >= 0.3 is 0 Å². The summed E-state index contributed by atoms with van der Waals surface area (Å²) in [7, 11) is 0. The fraction of sp³-hybridized carbons (Fsp3) is 0.250. The maximum absolute atomic E-state index is 5.76. The van der Waals surface area contributed by atoms with Crippen molar-refractivity contribution in [1.82, 2.24) is 0 Å². The molecule has 1 aromatic carbocycles. The topological polar surface area (TPSA) is 26.0 Å². The van der Waals surface area contributed by atoms with Gasteiger partial charge in [-0.25, -0.2) is 0 Å². The molecule has 1 atom stereocenters. The number of rotatable bonds is 1. The second-order valence-electron chi connectivity index (χ2n) is 2.42. The monoisotopic (exact) mass is 277 g/mol. The molecule has 0 radical (unpaired) electrons. The number of hydrogen-bond acceptors (Lipinski definition) is 1. The van der Waals surface area contributed by atoms with Crippen LogP contribution in [-0.4, -0.2) is 0 Å². The predicted octanol–water partition coefficient (Wildman–Crippen LogP) is 3.23. The van der Waals surface area contributed by atoms with Crippen molar-refractivity contribution in [1.29, 1.82) is 0 Å². The highest BCUT2D eigenvalue weighted by Gasteiger charge is 2.07. The molecule has 0 aliphatic heterocycles. The van der Waals surface area contributed by atoms with Gasteiger partial charge in [-0.3, -0.25) is 0 Å². The summed E-state index contributed by atoms with van der Waals surface area (Å²) in [6.07, 6.45) is 0. The van der Waals surface area contributed by atoms with Crippen molar-refractivity contribution < 1.29 is 0 Å². The molecule has 2 N–H and O–H groups in total. The molecule has 11 heavy (non-hydrogen) atoms. The molecule has 0 fully saturated rings. The molecule has 3 heteroatoms. The minimum absolute atomic E-state index is 0.0555. The average Bonchev–Trinajstić information content (AvgIpc) is 1.85. The van der Waals surface area contributed by atoms with Crippen molar-refractivity contribution in [2.75, 3.05) is 0 Å². The van der Waals surface area contributed by atoms with Crippen molar-refractivity contribution >= 4 is 31.9 Å². The van der Waals surface area contributed by atoms with E-state index in [0.29, 0.717) is 0 Å². The van der Waals surface area contributed by atoms with Crippen molar-refractivity contribution in [3.8, 4) is 0 Å². The number of benzene rings is 1. The molecule has 1 aromatic rings. The summed E-state index contributed by atoms with van der Waals surface area (Å²) in [5.41, 5.74) is 6.87. The Morgan fingerprint density at radius 2 is 1.73 bits per heavy atom. The van der Waals surface area contributed by atoms with E-state index in [1.165, 1.54) is 0 Å². The maximum atomic E-state index is 5.76. The van der Waals surface area contributed by atoms with Gasteiger partial charge in [0.05, 0.1) is 0 Å². The summed E-state index contributed by atoms with van der Waals surface area (Å²) in [5.74, 6) is 0. The molecule has 0 aromatic heterocycles. The first-order valence-corrected chi connectivity index (χ1v) is 4.91. The Kier molecular flexibility index (Phi) is 3.10. The Morgan fingerprint density at radius 3 is 2.00 bits per heavy atom. The molecular formula is C8H9Br2N. The fourth-order valence-electron chi connectivity index (χ4n) is 0.946. The van der Waals surface area contributed by atoms with E-state index in [2.05, 4.69) is 31.9 Å². The summed E-state index contributed by atoms with van der Waals surface area (Å²) in [6, 6.07) is 6.01. The minimum Gasteiger partial charge on any atom is -0.324 e. The van der Waals surface area contributed by atoms with Crippen LogP contribution in [0.25, 0.3) is 0 Å². The quantitative estimate of drug-likeness (QED) is 0.839. The van der Waals surface area contributed by atoms with Crippen LogP contribution < -0.4 is 5.73 Å². The summed E-state index contributed by atoms with van der Waals surface area (Å²) < 4.78 is 2.11. The van der Waals surface area contributed by atoms with Gasteiger partial charge in [0.2, 0.25) is 0 Å². The zero-order chi connectivity index (χ0) is 8.43. The fourth-order valence-corrected chi connectivity index (χ4v) is 2.67. The Morgan fingerprint density at radius 1 is 1.27 bits per heavy atom. The predicted molar refractivity (Wildman–Crippen MR) is 54.4 cm³/mol. The van der Waals surface area contributed by atoms with Gasteiger partial charge in [-0.2, -0.15) is 0 Å². The van der Waals surface area contributed by atoms with Gasteiger partial charge in [-0.15, -0.1) is 0 Å². The molecule has 0 bridgehead atoms. The van der Waals surface area contributed by atoms with Crippen molar-refractivity contribution in [2.45, 2.75) is 13.0 Å². The maximum Gasteiger partial charge on any atom is 0.0288 e. The van der Waals surface area contributed by atoms with Gasteiger partial charge in [0, 0.05) is 15.0 Å². The van der Waals surface area contributed by atoms with Crippen LogP contribution >= 0.6 is 31.9 Å².